The lowest BCUT2D eigenvalue weighted by Crippen LogP contribution is -2.43. The van der Waals surface area contributed by atoms with Gasteiger partial charge in [-0.25, -0.2) is 0 Å². The molecule has 1 aliphatic heterocycles. The fraction of sp³-hybridized carbons (Fsp3) is 0.417. The molecule has 0 aliphatic carbocycles. The fourth-order valence-corrected chi connectivity index (χ4v) is 3.99. The van der Waals surface area contributed by atoms with E-state index in [4.69, 9.17) is 25.8 Å². The molecule has 2 atom stereocenters. The molecule has 1 heterocycles. The first-order valence-corrected chi connectivity index (χ1v) is 10.5. The van der Waals surface area contributed by atoms with Gasteiger partial charge >= 0.3 is 0 Å². The van der Waals surface area contributed by atoms with Gasteiger partial charge in [0.25, 0.3) is 5.91 Å². The van der Waals surface area contributed by atoms with E-state index >= 15 is 0 Å². The third-order valence-corrected chi connectivity index (χ3v) is 5.30. The van der Waals surface area contributed by atoms with Crippen molar-refractivity contribution in [1.29, 1.82) is 0 Å². The number of para-hydroxylation sites is 1. The molecule has 3 rings (SSSR count). The van der Waals surface area contributed by atoms with Crippen LogP contribution in [0.15, 0.2) is 36.4 Å². The smallest absolute Gasteiger partial charge is 0.256 e. The lowest BCUT2D eigenvalue weighted by molar-refractivity contribution is -0.134. The minimum atomic E-state index is -0.938. The summed E-state index contributed by atoms with van der Waals surface area (Å²) in [5.74, 6) is 0.790. The lowest BCUT2D eigenvalue weighted by atomic mass is 9.94. The van der Waals surface area contributed by atoms with Gasteiger partial charge in [0.2, 0.25) is 0 Å². The Kier molecular flexibility index (Phi) is 6.92. The van der Waals surface area contributed by atoms with Crippen molar-refractivity contribution >= 4 is 29.5 Å². The monoisotopic (exact) mass is 445 g/mol. The van der Waals surface area contributed by atoms with Crippen LogP contribution in [0.5, 0.6) is 11.5 Å². The number of anilines is 1. The molecule has 0 saturated heterocycles. The molecule has 0 aromatic heterocycles. The molecule has 0 spiro atoms. The van der Waals surface area contributed by atoms with E-state index in [1.807, 2.05) is 18.2 Å². The van der Waals surface area contributed by atoms with Crippen LogP contribution >= 0.6 is 11.6 Å². The second-order valence-electron chi connectivity index (χ2n) is 8.68. The molecule has 1 amide bonds. The van der Waals surface area contributed by atoms with E-state index < -0.39 is 12.2 Å². The van der Waals surface area contributed by atoms with Crippen molar-refractivity contribution in [3.63, 3.8) is 0 Å². The van der Waals surface area contributed by atoms with Gasteiger partial charge in [-0.1, -0.05) is 44.5 Å². The highest BCUT2D eigenvalue weighted by Crippen LogP contribution is 2.45. The van der Waals surface area contributed by atoms with Crippen LogP contribution in [-0.4, -0.2) is 39.1 Å². The Morgan fingerprint density at radius 1 is 1.13 bits per heavy atom. The molecule has 0 radical (unpaired) electrons. The summed E-state index contributed by atoms with van der Waals surface area (Å²) in [6.07, 6.45) is -0.963. The number of methoxy groups -OCH3 is 2. The molecule has 0 fully saturated rings. The molecule has 2 aromatic rings. The molecular formula is C24H28ClNO5. The van der Waals surface area contributed by atoms with E-state index in [1.54, 1.807) is 37.3 Å². The van der Waals surface area contributed by atoms with Gasteiger partial charge in [-0.05, 0) is 29.7 Å². The number of aldehydes is 1. The minimum absolute atomic E-state index is 0.0516. The van der Waals surface area contributed by atoms with E-state index in [9.17, 15) is 9.59 Å². The van der Waals surface area contributed by atoms with Crippen molar-refractivity contribution in [2.75, 3.05) is 25.7 Å². The summed E-state index contributed by atoms with van der Waals surface area (Å²) in [6, 6.07) is 10.9. The molecule has 0 unspecified atom stereocenters. The zero-order valence-electron chi connectivity index (χ0n) is 18.5. The summed E-state index contributed by atoms with van der Waals surface area (Å²) in [5.41, 5.74) is 1.94. The fourth-order valence-electron chi connectivity index (χ4n) is 3.81. The van der Waals surface area contributed by atoms with Crippen LogP contribution in [0, 0.1) is 5.41 Å². The quantitative estimate of drug-likeness (QED) is 0.597. The van der Waals surface area contributed by atoms with Crippen molar-refractivity contribution in [2.24, 2.45) is 5.41 Å². The first kappa shape index (κ1) is 23.1. The number of benzene rings is 2. The van der Waals surface area contributed by atoms with Crippen molar-refractivity contribution in [3.8, 4) is 11.5 Å². The average Bonchev–Trinajstić information content (AvgIpc) is 2.82. The summed E-state index contributed by atoms with van der Waals surface area (Å²) in [5, 5.41) is 0.520. The number of fused-ring (bicyclic) bond motifs is 1. The SMILES string of the molecule is COc1cccc([C@H]2O[C@H](CC=O)C(=O)N(CC(C)(C)C)c3ccc(Cl)cc32)c1OC. The average molecular weight is 446 g/mol. The third-order valence-electron chi connectivity index (χ3n) is 5.06. The topological polar surface area (TPSA) is 65.1 Å². The highest BCUT2D eigenvalue weighted by Gasteiger charge is 2.39. The number of carbonyl (C=O) groups is 2. The zero-order valence-corrected chi connectivity index (χ0v) is 19.2. The molecular weight excluding hydrogens is 418 g/mol. The van der Waals surface area contributed by atoms with E-state index in [0.29, 0.717) is 40.6 Å². The molecule has 6 nitrogen and oxygen atoms in total. The van der Waals surface area contributed by atoms with E-state index in [1.165, 1.54) is 0 Å². The highest BCUT2D eigenvalue weighted by molar-refractivity contribution is 6.30. The van der Waals surface area contributed by atoms with Crippen LogP contribution in [0.1, 0.15) is 44.4 Å². The van der Waals surface area contributed by atoms with Gasteiger partial charge in [0.1, 0.15) is 18.5 Å². The first-order chi connectivity index (χ1) is 14.7. The van der Waals surface area contributed by atoms with Gasteiger partial charge in [0, 0.05) is 34.8 Å². The van der Waals surface area contributed by atoms with Gasteiger partial charge in [-0.15, -0.1) is 0 Å². The van der Waals surface area contributed by atoms with Gasteiger partial charge in [-0.2, -0.15) is 0 Å². The maximum atomic E-state index is 13.5. The number of nitrogens with zero attached hydrogens (tertiary/aromatic N) is 1. The van der Waals surface area contributed by atoms with E-state index in [-0.39, 0.29) is 17.7 Å². The number of hydrogen-bond donors (Lipinski definition) is 0. The molecule has 31 heavy (non-hydrogen) atoms. The lowest BCUT2D eigenvalue weighted by Gasteiger charge is -2.31. The summed E-state index contributed by atoms with van der Waals surface area (Å²) in [4.78, 5) is 26.6. The van der Waals surface area contributed by atoms with Crippen LogP contribution in [0.3, 0.4) is 0 Å². The van der Waals surface area contributed by atoms with Crippen molar-refractivity contribution in [1.82, 2.24) is 0 Å². The Hall–Kier alpha value is -2.57. The predicted molar refractivity (Wildman–Crippen MR) is 120 cm³/mol. The van der Waals surface area contributed by atoms with Crippen LogP contribution in [0.2, 0.25) is 5.02 Å². The number of rotatable bonds is 6. The molecule has 7 heteroatoms. The van der Waals surface area contributed by atoms with Gasteiger partial charge in [-0.3, -0.25) is 4.79 Å². The van der Waals surface area contributed by atoms with Gasteiger partial charge in [0.05, 0.1) is 14.2 Å². The second kappa shape index (κ2) is 9.28. The second-order valence-corrected chi connectivity index (χ2v) is 9.11. The number of amides is 1. The minimum Gasteiger partial charge on any atom is -0.493 e. The molecule has 0 N–H and O–H groups in total. The molecule has 2 aromatic carbocycles. The Balaban J connectivity index is 2.26. The summed E-state index contributed by atoms with van der Waals surface area (Å²) in [6.45, 7) is 6.62. The normalized spacial score (nSPS) is 18.9. The molecule has 1 aliphatic rings. The van der Waals surface area contributed by atoms with Gasteiger partial charge < -0.3 is 23.9 Å². The maximum absolute atomic E-state index is 13.5. The number of ether oxygens (including phenoxy) is 3. The van der Waals surface area contributed by atoms with Crippen LogP contribution in [0.4, 0.5) is 5.69 Å². The largest absolute Gasteiger partial charge is 0.493 e. The first-order valence-electron chi connectivity index (χ1n) is 10.1. The Bertz CT molecular complexity index is 969. The zero-order chi connectivity index (χ0) is 22.8. The van der Waals surface area contributed by atoms with Crippen molar-refractivity contribution in [3.05, 3.63) is 52.5 Å². The number of carbonyl (C=O) groups excluding carboxylic acids is 2. The van der Waals surface area contributed by atoms with Crippen molar-refractivity contribution < 1.29 is 23.8 Å². The Labute approximate surface area is 188 Å². The highest BCUT2D eigenvalue weighted by atomic mass is 35.5. The van der Waals surface area contributed by atoms with Crippen molar-refractivity contribution in [2.45, 2.75) is 39.4 Å². The van der Waals surface area contributed by atoms with Crippen LogP contribution < -0.4 is 14.4 Å². The Morgan fingerprint density at radius 2 is 1.87 bits per heavy atom. The number of hydrogen-bond acceptors (Lipinski definition) is 5. The number of halogens is 1. The predicted octanol–water partition coefficient (Wildman–Crippen LogP) is 4.81. The van der Waals surface area contributed by atoms with E-state index in [2.05, 4.69) is 20.8 Å². The van der Waals surface area contributed by atoms with Gasteiger partial charge in [0.15, 0.2) is 11.5 Å². The summed E-state index contributed by atoms with van der Waals surface area (Å²) in [7, 11) is 3.11. The maximum Gasteiger partial charge on any atom is 0.256 e. The molecule has 166 valence electrons. The molecule has 0 bridgehead atoms. The van der Waals surface area contributed by atoms with Crippen LogP contribution in [-0.2, 0) is 14.3 Å². The Morgan fingerprint density at radius 3 is 2.48 bits per heavy atom. The molecule has 0 saturated carbocycles. The summed E-state index contributed by atoms with van der Waals surface area (Å²) < 4.78 is 17.4. The van der Waals surface area contributed by atoms with Crippen LogP contribution in [0.25, 0.3) is 0 Å². The summed E-state index contributed by atoms with van der Waals surface area (Å²) >= 11 is 6.36. The van der Waals surface area contributed by atoms with E-state index in [0.717, 1.165) is 5.56 Å². The standard InChI is InChI=1S/C24H28ClNO5/c1-24(2,3)14-26-18-10-9-15(25)13-17(18)21(31-20(11-12-27)23(26)28)16-7-6-8-19(29-4)22(16)30-5/h6-10,12-13,20-21H,11,14H2,1-5H3/t20-,21-/m1/s1. The third kappa shape index (κ3) is 4.86.